The van der Waals surface area contributed by atoms with Crippen LogP contribution in [-0.2, 0) is 12.2 Å². The van der Waals surface area contributed by atoms with Crippen molar-refractivity contribution in [2.75, 3.05) is 11.5 Å². The predicted octanol–water partition coefficient (Wildman–Crippen LogP) is 4.05. The van der Waals surface area contributed by atoms with Crippen LogP contribution < -0.4 is 5.73 Å². The van der Waals surface area contributed by atoms with Crippen LogP contribution in [0.15, 0.2) is 48.5 Å². The van der Waals surface area contributed by atoms with Gasteiger partial charge in [-0.15, -0.1) is 0 Å². The van der Waals surface area contributed by atoms with Crippen molar-refractivity contribution in [2.24, 2.45) is 0 Å². The zero-order valence-electron chi connectivity index (χ0n) is 10.7. The van der Waals surface area contributed by atoms with E-state index in [2.05, 4.69) is 43.3 Å². The maximum Gasteiger partial charge on any atom is 0.0346 e. The molecule has 0 aliphatic rings. The molecule has 0 saturated carbocycles. The summed E-state index contributed by atoms with van der Waals surface area (Å²) in [4.78, 5) is 0. The highest BCUT2D eigenvalue weighted by Gasteiger charge is 1.98. The molecule has 0 atom stereocenters. The van der Waals surface area contributed by atoms with E-state index < -0.39 is 0 Å². The lowest BCUT2D eigenvalue weighted by Gasteiger charge is -2.05. The van der Waals surface area contributed by atoms with Crippen molar-refractivity contribution in [2.45, 2.75) is 19.1 Å². The zero-order chi connectivity index (χ0) is 12.8. The number of thioether (sulfide) groups is 1. The molecule has 0 fully saturated rings. The standard InChI is InChI=1S/C16H19NS/c1-13-5-4-6-14(11-13)12-18-10-9-15-7-2-3-8-16(15)17/h2-8,11H,9-10,12,17H2,1H3. The van der Waals surface area contributed by atoms with Crippen LogP contribution in [0.5, 0.6) is 0 Å². The molecule has 0 unspecified atom stereocenters. The highest BCUT2D eigenvalue weighted by atomic mass is 32.2. The normalized spacial score (nSPS) is 10.5. The monoisotopic (exact) mass is 257 g/mol. The Morgan fingerprint density at radius 2 is 1.89 bits per heavy atom. The summed E-state index contributed by atoms with van der Waals surface area (Å²) in [6, 6.07) is 16.8. The summed E-state index contributed by atoms with van der Waals surface area (Å²) < 4.78 is 0. The first-order valence-electron chi connectivity index (χ1n) is 6.22. The molecule has 2 heteroatoms. The van der Waals surface area contributed by atoms with Gasteiger partial charge >= 0.3 is 0 Å². The Morgan fingerprint density at radius 3 is 2.67 bits per heavy atom. The molecule has 0 saturated heterocycles. The van der Waals surface area contributed by atoms with E-state index >= 15 is 0 Å². The molecule has 0 aliphatic carbocycles. The number of benzene rings is 2. The summed E-state index contributed by atoms with van der Waals surface area (Å²) >= 11 is 1.96. The van der Waals surface area contributed by atoms with Gasteiger partial charge in [-0.2, -0.15) is 11.8 Å². The summed E-state index contributed by atoms with van der Waals surface area (Å²) in [6.07, 6.45) is 1.04. The molecule has 18 heavy (non-hydrogen) atoms. The molecule has 94 valence electrons. The van der Waals surface area contributed by atoms with Gasteiger partial charge in [0.2, 0.25) is 0 Å². The first-order valence-corrected chi connectivity index (χ1v) is 7.38. The number of rotatable bonds is 5. The van der Waals surface area contributed by atoms with E-state index in [0.717, 1.165) is 23.6 Å². The number of anilines is 1. The van der Waals surface area contributed by atoms with Crippen LogP contribution in [0.1, 0.15) is 16.7 Å². The lowest BCUT2D eigenvalue weighted by atomic mass is 10.1. The van der Waals surface area contributed by atoms with Gasteiger partial charge in [-0.1, -0.05) is 48.0 Å². The zero-order valence-corrected chi connectivity index (χ0v) is 11.5. The minimum Gasteiger partial charge on any atom is -0.399 e. The Bertz CT molecular complexity index is 508. The molecule has 2 aromatic rings. The molecular weight excluding hydrogens is 238 g/mol. The van der Waals surface area contributed by atoms with Gasteiger partial charge in [-0.25, -0.2) is 0 Å². The first-order chi connectivity index (χ1) is 8.75. The van der Waals surface area contributed by atoms with Gasteiger partial charge in [-0.3, -0.25) is 0 Å². The van der Waals surface area contributed by atoms with E-state index in [-0.39, 0.29) is 0 Å². The van der Waals surface area contributed by atoms with Crippen LogP contribution in [0.3, 0.4) is 0 Å². The summed E-state index contributed by atoms with van der Waals surface area (Å²) in [5.74, 6) is 2.19. The van der Waals surface area contributed by atoms with E-state index in [1.54, 1.807) is 0 Å². The highest BCUT2D eigenvalue weighted by Crippen LogP contribution is 2.17. The molecule has 2 aromatic carbocycles. The lowest BCUT2D eigenvalue weighted by molar-refractivity contribution is 1.16. The Labute approximate surface area is 113 Å². The van der Waals surface area contributed by atoms with Gasteiger partial charge in [0.15, 0.2) is 0 Å². The fourth-order valence-corrected chi connectivity index (χ4v) is 2.86. The molecule has 0 bridgehead atoms. The second kappa shape index (κ2) is 6.50. The average molecular weight is 257 g/mol. The molecule has 0 amide bonds. The van der Waals surface area contributed by atoms with Gasteiger partial charge in [0, 0.05) is 11.4 Å². The van der Waals surface area contributed by atoms with Crippen molar-refractivity contribution in [1.29, 1.82) is 0 Å². The first kappa shape index (κ1) is 13.0. The Balaban J connectivity index is 1.78. The van der Waals surface area contributed by atoms with Crippen molar-refractivity contribution in [3.05, 3.63) is 65.2 Å². The SMILES string of the molecule is Cc1cccc(CSCCc2ccccc2N)c1. The largest absolute Gasteiger partial charge is 0.399 e. The predicted molar refractivity (Wildman–Crippen MR) is 81.9 cm³/mol. The number of hydrogen-bond acceptors (Lipinski definition) is 2. The minimum absolute atomic E-state index is 0.911. The quantitative estimate of drug-likeness (QED) is 0.646. The highest BCUT2D eigenvalue weighted by molar-refractivity contribution is 7.98. The number of nitrogens with two attached hydrogens (primary N) is 1. The fourth-order valence-electron chi connectivity index (χ4n) is 1.94. The topological polar surface area (TPSA) is 26.0 Å². The van der Waals surface area contributed by atoms with Gasteiger partial charge in [0.25, 0.3) is 0 Å². The third-order valence-electron chi connectivity index (χ3n) is 2.92. The molecule has 0 aromatic heterocycles. The van der Waals surface area contributed by atoms with E-state index in [1.165, 1.54) is 16.7 Å². The van der Waals surface area contributed by atoms with Crippen molar-refractivity contribution >= 4 is 17.4 Å². The van der Waals surface area contributed by atoms with E-state index in [0.29, 0.717) is 0 Å². The summed E-state index contributed by atoms with van der Waals surface area (Å²) in [6.45, 7) is 2.14. The van der Waals surface area contributed by atoms with E-state index in [4.69, 9.17) is 5.73 Å². The van der Waals surface area contributed by atoms with Gasteiger partial charge in [0.1, 0.15) is 0 Å². The molecule has 0 aliphatic heterocycles. The van der Waals surface area contributed by atoms with Crippen LogP contribution in [0.25, 0.3) is 0 Å². The third kappa shape index (κ3) is 3.81. The Kier molecular flexibility index (Phi) is 4.71. The smallest absolute Gasteiger partial charge is 0.0346 e. The summed E-state index contributed by atoms with van der Waals surface area (Å²) in [5, 5.41) is 0. The molecule has 1 nitrogen and oxygen atoms in total. The summed E-state index contributed by atoms with van der Waals surface area (Å²) in [7, 11) is 0. The second-order valence-electron chi connectivity index (χ2n) is 4.49. The molecule has 2 rings (SSSR count). The van der Waals surface area contributed by atoms with Crippen LogP contribution in [0.2, 0.25) is 0 Å². The van der Waals surface area contributed by atoms with Crippen molar-refractivity contribution in [3.8, 4) is 0 Å². The number of nitrogen functional groups attached to an aromatic ring is 1. The van der Waals surface area contributed by atoms with Crippen molar-refractivity contribution in [3.63, 3.8) is 0 Å². The molecule has 0 heterocycles. The van der Waals surface area contributed by atoms with Crippen LogP contribution in [-0.4, -0.2) is 5.75 Å². The number of aryl methyl sites for hydroxylation is 2. The fraction of sp³-hybridized carbons (Fsp3) is 0.250. The number of para-hydroxylation sites is 1. The molecule has 2 N–H and O–H groups in total. The average Bonchev–Trinajstić information content (AvgIpc) is 2.37. The minimum atomic E-state index is 0.911. The molecule has 0 spiro atoms. The lowest BCUT2D eigenvalue weighted by Crippen LogP contribution is -1.96. The van der Waals surface area contributed by atoms with Gasteiger partial charge in [-0.05, 0) is 36.3 Å². The van der Waals surface area contributed by atoms with Gasteiger partial charge in [0.05, 0.1) is 0 Å². The van der Waals surface area contributed by atoms with E-state index in [1.807, 2.05) is 23.9 Å². The third-order valence-corrected chi connectivity index (χ3v) is 3.95. The Morgan fingerprint density at radius 1 is 1.06 bits per heavy atom. The van der Waals surface area contributed by atoms with Crippen LogP contribution in [0, 0.1) is 6.92 Å². The molecule has 0 radical (unpaired) electrons. The van der Waals surface area contributed by atoms with Gasteiger partial charge < -0.3 is 5.73 Å². The maximum absolute atomic E-state index is 5.92. The summed E-state index contributed by atoms with van der Waals surface area (Å²) in [5.41, 5.74) is 10.8. The van der Waals surface area contributed by atoms with E-state index in [9.17, 15) is 0 Å². The maximum atomic E-state index is 5.92. The second-order valence-corrected chi connectivity index (χ2v) is 5.60. The van der Waals surface area contributed by atoms with Crippen LogP contribution in [0.4, 0.5) is 5.69 Å². The van der Waals surface area contributed by atoms with Crippen molar-refractivity contribution < 1.29 is 0 Å². The number of hydrogen-bond donors (Lipinski definition) is 1. The van der Waals surface area contributed by atoms with Crippen LogP contribution >= 0.6 is 11.8 Å². The molecular formula is C16H19NS. The van der Waals surface area contributed by atoms with Crippen molar-refractivity contribution in [1.82, 2.24) is 0 Å². The Hall–Kier alpha value is -1.41.